The number of rotatable bonds is 5. The topological polar surface area (TPSA) is 60.7 Å². The average Bonchev–Trinajstić information content (AvgIpc) is 3.55. The number of carbonyl (C=O) groups excluding carboxylic acids is 1. The molecule has 0 spiro atoms. The highest BCUT2D eigenvalue weighted by molar-refractivity contribution is 7.11. The van der Waals surface area contributed by atoms with Crippen LogP contribution in [0.15, 0.2) is 86.4 Å². The minimum Gasteiger partial charge on any atom is -0.457 e. The second-order valence-electron chi connectivity index (χ2n) is 7.17. The fourth-order valence-corrected chi connectivity index (χ4v) is 6.20. The number of carbonyl (C=O) groups is 1. The summed E-state index contributed by atoms with van der Waals surface area (Å²) in [7, 11) is 0. The Labute approximate surface area is 195 Å². The molecule has 1 aliphatic heterocycles. The molecule has 0 N–H and O–H groups in total. The number of hydrogen-bond acceptors (Lipinski definition) is 7. The zero-order valence-electron chi connectivity index (χ0n) is 17.1. The standard InChI is InChI=1S/C24H18N2O3S3/c1-15-20(23(28)29-14-16-7-3-2-4-8-16)21(18-10-6-12-31-18)26-22(27)19(32-24(26)25-15)13-17-9-5-11-30-17/h2-13,21H,14H2,1H3/b19-13+. The number of allylic oxidation sites excluding steroid dienone is 1. The third-order valence-electron chi connectivity index (χ3n) is 5.08. The third-order valence-corrected chi connectivity index (χ3v) is 7.81. The molecule has 0 saturated heterocycles. The summed E-state index contributed by atoms with van der Waals surface area (Å²) in [5.41, 5.74) is 1.73. The van der Waals surface area contributed by atoms with Gasteiger partial charge in [0.15, 0.2) is 4.80 Å². The minimum atomic E-state index is -0.556. The van der Waals surface area contributed by atoms with Crippen LogP contribution in [-0.4, -0.2) is 10.5 Å². The summed E-state index contributed by atoms with van der Waals surface area (Å²) in [6, 6.07) is 16.8. The van der Waals surface area contributed by atoms with Gasteiger partial charge in [-0.3, -0.25) is 9.36 Å². The summed E-state index contributed by atoms with van der Waals surface area (Å²) in [4.78, 5) is 33.7. The van der Waals surface area contributed by atoms with E-state index in [0.717, 1.165) is 15.3 Å². The Bertz CT molecular complexity index is 1460. The van der Waals surface area contributed by atoms with E-state index in [0.29, 0.717) is 20.6 Å². The van der Waals surface area contributed by atoms with Gasteiger partial charge in [-0.2, -0.15) is 0 Å². The highest BCUT2D eigenvalue weighted by Crippen LogP contribution is 2.33. The van der Waals surface area contributed by atoms with Gasteiger partial charge in [0.05, 0.1) is 15.8 Å². The van der Waals surface area contributed by atoms with E-state index >= 15 is 0 Å². The summed E-state index contributed by atoms with van der Waals surface area (Å²) < 4.78 is 7.87. The zero-order valence-corrected chi connectivity index (χ0v) is 19.5. The van der Waals surface area contributed by atoms with Crippen molar-refractivity contribution in [3.05, 3.63) is 112 Å². The van der Waals surface area contributed by atoms with Crippen molar-refractivity contribution in [1.82, 2.24) is 4.57 Å². The number of nitrogens with zero attached hydrogens (tertiary/aromatic N) is 2. The van der Waals surface area contributed by atoms with Crippen LogP contribution in [-0.2, 0) is 16.1 Å². The molecule has 5 nitrogen and oxygen atoms in total. The van der Waals surface area contributed by atoms with Crippen molar-refractivity contribution in [2.45, 2.75) is 19.6 Å². The maximum Gasteiger partial charge on any atom is 0.338 e. The van der Waals surface area contributed by atoms with Crippen LogP contribution in [0.1, 0.15) is 28.3 Å². The molecule has 4 heterocycles. The Kier molecular flexibility index (Phi) is 5.73. The van der Waals surface area contributed by atoms with Gasteiger partial charge in [-0.1, -0.05) is 53.8 Å². The largest absolute Gasteiger partial charge is 0.457 e. The molecule has 1 aromatic carbocycles. The first-order valence-electron chi connectivity index (χ1n) is 9.92. The lowest BCUT2D eigenvalue weighted by atomic mass is 10.0. The van der Waals surface area contributed by atoms with Gasteiger partial charge < -0.3 is 4.74 Å². The van der Waals surface area contributed by atoms with E-state index in [2.05, 4.69) is 4.99 Å². The van der Waals surface area contributed by atoms with Gasteiger partial charge in [0.1, 0.15) is 12.6 Å². The van der Waals surface area contributed by atoms with Gasteiger partial charge in [0, 0.05) is 9.75 Å². The number of fused-ring (bicyclic) bond motifs is 1. The molecule has 0 aliphatic carbocycles. The predicted molar refractivity (Wildman–Crippen MR) is 129 cm³/mol. The lowest BCUT2D eigenvalue weighted by Gasteiger charge is -2.23. The molecule has 1 atom stereocenters. The van der Waals surface area contributed by atoms with Crippen molar-refractivity contribution in [2.24, 2.45) is 4.99 Å². The van der Waals surface area contributed by atoms with Crippen LogP contribution in [0.25, 0.3) is 6.08 Å². The number of hydrogen-bond donors (Lipinski definition) is 0. The molecule has 0 bridgehead atoms. The Hall–Kier alpha value is -3.07. The van der Waals surface area contributed by atoms with Crippen molar-refractivity contribution in [1.29, 1.82) is 0 Å². The first-order valence-corrected chi connectivity index (χ1v) is 12.5. The highest BCUT2D eigenvalue weighted by atomic mass is 32.1. The maximum atomic E-state index is 13.4. The number of esters is 1. The second kappa shape index (κ2) is 8.82. The van der Waals surface area contributed by atoms with Gasteiger partial charge in [0.2, 0.25) is 0 Å². The van der Waals surface area contributed by atoms with E-state index in [4.69, 9.17) is 4.74 Å². The third kappa shape index (κ3) is 3.92. The molecule has 0 fully saturated rings. The first kappa shape index (κ1) is 20.8. The molecule has 0 amide bonds. The molecule has 4 aromatic rings. The molecular formula is C24H18N2O3S3. The van der Waals surface area contributed by atoms with Gasteiger partial charge >= 0.3 is 5.97 Å². The molecule has 1 aliphatic rings. The van der Waals surface area contributed by atoms with Gasteiger partial charge in [-0.15, -0.1) is 22.7 Å². The molecule has 160 valence electrons. The first-order chi connectivity index (χ1) is 15.6. The number of benzene rings is 1. The second-order valence-corrected chi connectivity index (χ2v) is 10.1. The van der Waals surface area contributed by atoms with Crippen LogP contribution < -0.4 is 14.9 Å². The molecule has 32 heavy (non-hydrogen) atoms. The van der Waals surface area contributed by atoms with Gasteiger partial charge in [-0.25, -0.2) is 9.79 Å². The highest BCUT2D eigenvalue weighted by Gasteiger charge is 2.34. The lowest BCUT2D eigenvalue weighted by molar-refractivity contribution is -0.140. The number of thiophene rings is 2. The van der Waals surface area contributed by atoms with E-state index in [-0.39, 0.29) is 12.2 Å². The average molecular weight is 479 g/mol. The maximum absolute atomic E-state index is 13.4. The molecule has 5 rings (SSSR count). The van der Waals surface area contributed by atoms with Crippen LogP contribution in [0.3, 0.4) is 0 Å². The molecule has 0 radical (unpaired) electrons. The van der Waals surface area contributed by atoms with E-state index in [1.54, 1.807) is 22.8 Å². The van der Waals surface area contributed by atoms with Crippen LogP contribution in [0.4, 0.5) is 0 Å². The fourth-order valence-electron chi connectivity index (χ4n) is 3.60. The normalized spacial score (nSPS) is 16.0. The van der Waals surface area contributed by atoms with Crippen LogP contribution in [0.2, 0.25) is 0 Å². The summed E-state index contributed by atoms with van der Waals surface area (Å²) >= 11 is 4.42. The van der Waals surface area contributed by atoms with E-state index in [1.165, 1.54) is 22.7 Å². The van der Waals surface area contributed by atoms with Crippen LogP contribution in [0, 0.1) is 0 Å². The Balaban J connectivity index is 1.59. The molecule has 1 unspecified atom stereocenters. The smallest absolute Gasteiger partial charge is 0.338 e. The fraction of sp³-hybridized carbons (Fsp3) is 0.125. The van der Waals surface area contributed by atoms with Crippen molar-refractivity contribution in [2.75, 3.05) is 0 Å². The molecule has 8 heteroatoms. The Morgan fingerprint density at radius 2 is 1.88 bits per heavy atom. The number of aromatic nitrogens is 1. The SMILES string of the molecule is CC1=C(C(=O)OCc2ccccc2)C(c2cccs2)n2c(s/c(=C/c3cccs3)c2=O)=N1. The van der Waals surface area contributed by atoms with Crippen molar-refractivity contribution < 1.29 is 9.53 Å². The van der Waals surface area contributed by atoms with E-state index in [1.807, 2.05) is 71.4 Å². The summed E-state index contributed by atoms with van der Waals surface area (Å²) in [5.74, 6) is -0.457. The quantitative estimate of drug-likeness (QED) is 0.406. The van der Waals surface area contributed by atoms with E-state index < -0.39 is 12.0 Å². The summed E-state index contributed by atoms with van der Waals surface area (Å²) in [5, 5.41) is 3.92. The van der Waals surface area contributed by atoms with Crippen LogP contribution >= 0.6 is 34.0 Å². The number of thiazole rings is 1. The summed E-state index contributed by atoms with van der Waals surface area (Å²) in [6.45, 7) is 1.96. The molecule has 3 aromatic heterocycles. The number of ether oxygens (including phenoxy) is 1. The van der Waals surface area contributed by atoms with Crippen molar-refractivity contribution in [3.63, 3.8) is 0 Å². The van der Waals surface area contributed by atoms with E-state index in [9.17, 15) is 9.59 Å². The monoisotopic (exact) mass is 478 g/mol. The molecular weight excluding hydrogens is 460 g/mol. The lowest BCUT2D eigenvalue weighted by Crippen LogP contribution is -2.39. The van der Waals surface area contributed by atoms with Gasteiger partial charge in [0.25, 0.3) is 5.56 Å². The zero-order chi connectivity index (χ0) is 22.1. The minimum absolute atomic E-state index is 0.151. The Morgan fingerprint density at radius 3 is 2.59 bits per heavy atom. The Morgan fingerprint density at radius 1 is 1.09 bits per heavy atom. The van der Waals surface area contributed by atoms with Crippen molar-refractivity contribution in [3.8, 4) is 0 Å². The van der Waals surface area contributed by atoms with Gasteiger partial charge in [-0.05, 0) is 41.5 Å². The molecule has 0 saturated carbocycles. The van der Waals surface area contributed by atoms with Crippen molar-refractivity contribution >= 4 is 46.1 Å². The predicted octanol–water partition coefficient (Wildman–Crippen LogP) is 4.10. The summed E-state index contributed by atoms with van der Waals surface area (Å²) in [6.07, 6.45) is 1.88. The van der Waals surface area contributed by atoms with Crippen LogP contribution in [0.5, 0.6) is 0 Å².